The fourth-order valence-electron chi connectivity index (χ4n) is 1.68. The molecular formula is C12H16N4. The van der Waals surface area contributed by atoms with Crippen molar-refractivity contribution in [3.63, 3.8) is 0 Å². The number of aryl methyl sites for hydroxylation is 1. The van der Waals surface area contributed by atoms with E-state index in [1.165, 1.54) is 11.1 Å². The zero-order chi connectivity index (χ0) is 11.4. The molecule has 0 fully saturated rings. The number of likely N-dealkylation sites (N-methyl/N-ethyl adjacent to an activating group) is 1. The van der Waals surface area contributed by atoms with Crippen LogP contribution in [0.25, 0.3) is 0 Å². The minimum atomic E-state index is 0.266. The molecule has 4 heteroatoms. The Labute approximate surface area is 95.3 Å². The first-order valence-electron chi connectivity index (χ1n) is 5.36. The molecule has 0 spiro atoms. The number of nitrogens with zero attached hydrogens (tertiary/aromatic N) is 3. The minimum absolute atomic E-state index is 0.266. The average Bonchev–Trinajstić information content (AvgIpc) is 2.80. The molecule has 0 amide bonds. The zero-order valence-electron chi connectivity index (χ0n) is 9.59. The van der Waals surface area contributed by atoms with E-state index in [-0.39, 0.29) is 6.04 Å². The second kappa shape index (κ2) is 4.90. The van der Waals surface area contributed by atoms with Gasteiger partial charge in [-0.2, -0.15) is 5.10 Å². The monoisotopic (exact) mass is 216 g/mol. The largest absolute Gasteiger partial charge is 0.311 e. The van der Waals surface area contributed by atoms with Crippen LogP contribution in [0.5, 0.6) is 0 Å². The lowest BCUT2D eigenvalue weighted by molar-refractivity contribution is 0.467. The van der Waals surface area contributed by atoms with Crippen molar-refractivity contribution in [1.82, 2.24) is 20.1 Å². The van der Waals surface area contributed by atoms with E-state index in [1.54, 1.807) is 12.7 Å². The van der Waals surface area contributed by atoms with Crippen LogP contribution in [0.2, 0.25) is 0 Å². The van der Waals surface area contributed by atoms with Crippen molar-refractivity contribution < 1.29 is 0 Å². The normalized spacial score (nSPS) is 12.6. The summed E-state index contributed by atoms with van der Waals surface area (Å²) in [4.78, 5) is 3.94. The van der Waals surface area contributed by atoms with Gasteiger partial charge in [-0.05, 0) is 19.5 Å². The second-order valence-electron chi connectivity index (χ2n) is 3.87. The molecule has 0 aliphatic heterocycles. The van der Waals surface area contributed by atoms with Gasteiger partial charge in [-0.15, -0.1) is 0 Å². The third-order valence-corrected chi connectivity index (χ3v) is 2.66. The minimum Gasteiger partial charge on any atom is -0.311 e. The van der Waals surface area contributed by atoms with Crippen molar-refractivity contribution in [3.05, 3.63) is 48.0 Å². The Balaban J connectivity index is 2.13. The van der Waals surface area contributed by atoms with E-state index < -0.39 is 0 Å². The van der Waals surface area contributed by atoms with E-state index in [9.17, 15) is 0 Å². The molecule has 2 aromatic rings. The van der Waals surface area contributed by atoms with Crippen LogP contribution in [0.1, 0.15) is 17.2 Å². The van der Waals surface area contributed by atoms with Crippen molar-refractivity contribution in [2.75, 3.05) is 7.05 Å². The Hall–Kier alpha value is -1.68. The van der Waals surface area contributed by atoms with Gasteiger partial charge in [0.25, 0.3) is 0 Å². The lowest BCUT2D eigenvalue weighted by Crippen LogP contribution is -2.22. The predicted molar refractivity (Wildman–Crippen MR) is 63.0 cm³/mol. The highest BCUT2D eigenvalue weighted by Gasteiger charge is 2.09. The summed E-state index contributed by atoms with van der Waals surface area (Å²) in [7, 11) is 1.96. The molecule has 0 radical (unpaired) electrons. The SMILES string of the molecule is CNC(Cn1cncn1)c1ccc(C)cc1. The topological polar surface area (TPSA) is 42.7 Å². The Morgan fingerprint density at radius 2 is 2.06 bits per heavy atom. The summed E-state index contributed by atoms with van der Waals surface area (Å²) in [6.45, 7) is 2.88. The Bertz CT molecular complexity index is 419. The van der Waals surface area contributed by atoms with Crippen molar-refractivity contribution in [1.29, 1.82) is 0 Å². The fraction of sp³-hybridized carbons (Fsp3) is 0.333. The van der Waals surface area contributed by atoms with E-state index >= 15 is 0 Å². The van der Waals surface area contributed by atoms with Gasteiger partial charge >= 0.3 is 0 Å². The van der Waals surface area contributed by atoms with Crippen molar-refractivity contribution in [2.24, 2.45) is 0 Å². The predicted octanol–water partition coefficient (Wildman–Crippen LogP) is 1.55. The summed E-state index contributed by atoms with van der Waals surface area (Å²) in [5.41, 5.74) is 2.54. The molecule has 1 aromatic heterocycles. The van der Waals surface area contributed by atoms with Crippen LogP contribution in [-0.2, 0) is 6.54 Å². The van der Waals surface area contributed by atoms with Crippen LogP contribution in [-0.4, -0.2) is 21.8 Å². The molecule has 0 saturated carbocycles. The lowest BCUT2D eigenvalue weighted by Gasteiger charge is -2.16. The zero-order valence-corrected chi connectivity index (χ0v) is 9.59. The molecule has 1 N–H and O–H groups in total. The highest BCUT2D eigenvalue weighted by atomic mass is 15.3. The van der Waals surface area contributed by atoms with E-state index in [0.717, 1.165) is 6.54 Å². The van der Waals surface area contributed by atoms with Gasteiger partial charge in [-0.25, -0.2) is 4.98 Å². The van der Waals surface area contributed by atoms with Crippen LogP contribution in [0.3, 0.4) is 0 Å². The van der Waals surface area contributed by atoms with Gasteiger partial charge in [0.2, 0.25) is 0 Å². The molecular weight excluding hydrogens is 200 g/mol. The maximum absolute atomic E-state index is 4.11. The summed E-state index contributed by atoms with van der Waals surface area (Å²) in [6, 6.07) is 8.81. The number of nitrogens with one attached hydrogen (secondary N) is 1. The van der Waals surface area contributed by atoms with Crippen LogP contribution < -0.4 is 5.32 Å². The van der Waals surface area contributed by atoms with Gasteiger partial charge in [0.05, 0.1) is 12.6 Å². The molecule has 1 aromatic carbocycles. The molecule has 0 saturated heterocycles. The van der Waals surface area contributed by atoms with Gasteiger partial charge in [-0.3, -0.25) is 4.68 Å². The highest BCUT2D eigenvalue weighted by molar-refractivity contribution is 5.23. The van der Waals surface area contributed by atoms with Crippen molar-refractivity contribution in [2.45, 2.75) is 19.5 Å². The number of aromatic nitrogens is 3. The quantitative estimate of drug-likeness (QED) is 0.843. The summed E-state index contributed by atoms with van der Waals surface area (Å²) in [5.74, 6) is 0. The van der Waals surface area contributed by atoms with Crippen molar-refractivity contribution >= 4 is 0 Å². The van der Waals surface area contributed by atoms with E-state index in [4.69, 9.17) is 0 Å². The molecule has 2 rings (SSSR count). The second-order valence-corrected chi connectivity index (χ2v) is 3.87. The average molecular weight is 216 g/mol. The third kappa shape index (κ3) is 2.46. The smallest absolute Gasteiger partial charge is 0.137 e. The Kier molecular flexibility index (Phi) is 3.31. The number of hydrogen-bond donors (Lipinski definition) is 1. The highest BCUT2D eigenvalue weighted by Crippen LogP contribution is 2.14. The molecule has 0 aliphatic rings. The lowest BCUT2D eigenvalue weighted by atomic mass is 10.1. The van der Waals surface area contributed by atoms with Crippen LogP contribution in [0.4, 0.5) is 0 Å². The van der Waals surface area contributed by atoms with Gasteiger partial charge in [0.15, 0.2) is 0 Å². The van der Waals surface area contributed by atoms with Gasteiger partial charge in [0, 0.05) is 0 Å². The van der Waals surface area contributed by atoms with Crippen molar-refractivity contribution in [3.8, 4) is 0 Å². The molecule has 4 nitrogen and oxygen atoms in total. The Morgan fingerprint density at radius 3 is 2.62 bits per heavy atom. The number of benzene rings is 1. The molecule has 84 valence electrons. The molecule has 0 bridgehead atoms. The standard InChI is InChI=1S/C12H16N4/c1-10-3-5-11(6-4-10)12(13-2)7-16-9-14-8-15-16/h3-6,8-9,12-13H,7H2,1-2H3. The first kappa shape index (κ1) is 10.8. The van der Waals surface area contributed by atoms with Gasteiger partial charge < -0.3 is 5.32 Å². The summed E-state index contributed by atoms with van der Waals surface area (Å²) in [5, 5.41) is 7.40. The van der Waals surface area contributed by atoms with Crippen LogP contribution in [0, 0.1) is 6.92 Å². The molecule has 1 heterocycles. The first-order chi connectivity index (χ1) is 7.79. The van der Waals surface area contributed by atoms with Gasteiger partial charge in [0.1, 0.15) is 12.7 Å². The molecule has 0 aliphatic carbocycles. The number of hydrogen-bond acceptors (Lipinski definition) is 3. The number of rotatable bonds is 4. The van der Waals surface area contributed by atoms with E-state index in [0.29, 0.717) is 0 Å². The maximum Gasteiger partial charge on any atom is 0.137 e. The molecule has 1 unspecified atom stereocenters. The first-order valence-corrected chi connectivity index (χ1v) is 5.36. The van der Waals surface area contributed by atoms with Crippen LogP contribution >= 0.6 is 0 Å². The molecule has 1 atom stereocenters. The summed E-state index contributed by atoms with van der Waals surface area (Å²) in [6.07, 6.45) is 3.29. The Morgan fingerprint density at radius 1 is 1.31 bits per heavy atom. The summed E-state index contributed by atoms with van der Waals surface area (Å²) < 4.78 is 1.83. The van der Waals surface area contributed by atoms with E-state index in [1.807, 2.05) is 11.7 Å². The third-order valence-electron chi connectivity index (χ3n) is 2.66. The summed E-state index contributed by atoms with van der Waals surface area (Å²) >= 11 is 0. The fourth-order valence-corrected chi connectivity index (χ4v) is 1.68. The van der Waals surface area contributed by atoms with E-state index in [2.05, 4.69) is 46.6 Å². The van der Waals surface area contributed by atoms with Crippen LogP contribution in [0.15, 0.2) is 36.9 Å². The van der Waals surface area contributed by atoms with Gasteiger partial charge in [-0.1, -0.05) is 29.8 Å². The molecule has 16 heavy (non-hydrogen) atoms. The maximum atomic E-state index is 4.11.